The van der Waals surface area contributed by atoms with Gasteiger partial charge < -0.3 is 15.6 Å². The average Bonchev–Trinajstić information content (AvgIpc) is 3.71. The second-order valence-corrected chi connectivity index (χ2v) is 10.8. The van der Waals surface area contributed by atoms with Gasteiger partial charge in [0, 0.05) is 47.1 Å². The highest BCUT2D eigenvalue weighted by Crippen LogP contribution is 2.45. The van der Waals surface area contributed by atoms with E-state index in [0.717, 1.165) is 48.1 Å². The zero-order valence-corrected chi connectivity index (χ0v) is 22.1. The highest BCUT2D eigenvalue weighted by atomic mass is 16.2. The number of benzene rings is 1. The molecule has 1 amide bonds. The average molecular weight is 532 g/mol. The molecule has 0 saturated carbocycles. The smallest absolute Gasteiger partial charge is 0.270 e. The molecular weight excluding hydrogens is 502 g/mol. The molecule has 9 nitrogen and oxygen atoms in total. The van der Waals surface area contributed by atoms with E-state index in [1.54, 1.807) is 16.9 Å². The van der Waals surface area contributed by atoms with Crippen LogP contribution in [-0.2, 0) is 0 Å². The van der Waals surface area contributed by atoms with Crippen molar-refractivity contribution in [1.82, 2.24) is 29.5 Å². The van der Waals surface area contributed by atoms with Crippen molar-refractivity contribution in [2.75, 3.05) is 5.73 Å². The molecule has 4 aromatic heterocycles. The van der Waals surface area contributed by atoms with Gasteiger partial charge in [-0.2, -0.15) is 9.61 Å². The molecule has 0 aliphatic carbocycles. The molecule has 2 aliphatic heterocycles. The number of Topliss-reactive ketones (excluding diaryl/α,β-unsaturated/α-hetero) is 1. The molecule has 40 heavy (non-hydrogen) atoms. The van der Waals surface area contributed by atoms with Gasteiger partial charge in [0.2, 0.25) is 0 Å². The molecule has 1 aromatic carbocycles. The Morgan fingerprint density at radius 2 is 1.73 bits per heavy atom. The fraction of sp³-hybridized carbons (Fsp3) is 0.258. The number of ketones is 1. The number of nitrogen functional groups attached to an aromatic ring is 1. The minimum absolute atomic E-state index is 0.0118. The van der Waals surface area contributed by atoms with Gasteiger partial charge >= 0.3 is 0 Å². The van der Waals surface area contributed by atoms with Crippen LogP contribution in [0.4, 0.5) is 5.82 Å². The SMILES string of the molecule is CC(=O)c1c(C2C[C@H]3CC[C@H](C2)N3C(=O)c2ccc[nH]2)nc2c(-c3ccc(-c4ccccc4)nc3)cnn2c1N. The topological polar surface area (TPSA) is 122 Å². The van der Waals surface area contributed by atoms with Crippen LogP contribution in [0.25, 0.3) is 28.0 Å². The number of amides is 1. The molecule has 2 atom stereocenters. The molecule has 200 valence electrons. The van der Waals surface area contributed by atoms with Crippen molar-refractivity contribution in [3.05, 3.63) is 90.1 Å². The number of hydrogen-bond donors (Lipinski definition) is 2. The van der Waals surface area contributed by atoms with E-state index in [-0.39, 0.29) is 29.7 Å². The number of H-pyrrole nitrogens is 1. The van der Waals surface area contributed by atoms with Crippen molar-refractivity contribution in [3.8, 4) is 22.4 Å². The summed E-state index contributed by atoms with van der Waals surface area (Å²) in [6.07, 6.45) is 8.69. The minimum atomic E-state index is -0.134. The third kappa shape index (κ3) is 3.88. The van der Waals surface area contributed by atoms with E-state index in [1.165, 1.54) is 6.92 Å². The standard InChI is InChI=1S/C31H29N7O2/c1-18(39)27-28(21-14-22-10-11-23(15-21)37(22)31(40)26-8-5-13-33-26)36-30-24(17-35-38(30)29(27)32)20-9-12-25(34-16-20)19-6-3-2-4-7-19/h2-9,12-13,16-17,21-23,33H,10-11,14-15,32H2,1H3/t22-,23-/m1/s1. The molecule has 2 aliphatic rings. The number of rotatable bonds is 5. The van der Waals surface area contributed by atoms with Gasteiger partial charge in [-0.15, -0.1) is 0 Å². The number of aromatic nitrogens is 5. The predicted molar refractivity (Wildman–Crippen MR) is 152 cm³/mol. The molecule has 0 radical (unpaired) electrons. The summed E-state index contributed by atoms with van der Waals surface area (Å²) in [5, 5.41) is 4.50. The first-order chi connectivity index (χ1) is 19.5. The molecule has 3 N–H and O–H groups in total. The summed E-state index contributed by atoms with van der Waals surface area (Å²) in [6.45, 7) is 1.53. The van der Waals surface area contributed by atoms with Crippen LogP contribution in [0.1, 0.15) is 65.1 Å². The second-order valence-electron chi connectivity index (χ2n) is 10.8. The van der Waals surface area contributed by atoms with Gasteiger partial charge in [0.05, 0.1) is 23.1 Å². The molecule has 7 rings (SSSR count). The number of piperidine rings is 1. The maximum absolute atomic E-state index is 13.2. The molecule has 2 saturated heterocycles. The fourth-order valence-corrected chi connectivity index (χ4v) is 6.56. The number of fused-ring (bicyclic) bond motifs is 3. The predicted octanol–water partition coefficient (Wildman–Crippen LogP) is 5.12. The Bertz CT molecular complexity index is 1710. The first-order valence-electron chi connectivity index (χ1n) is 13.7. The van der Waals surface area contributed by atoms with Gasteiger partial charge in [0.1, 0.15) is 11.5 Å². The Kier molecular flexibility index (Phi) is 5.73. The summed E-state index contributed by atoms with van der Waals surface area (Å²) in [4.78, 5) is 41.0. The lowest BCUT2D eigenvalue weighted by molar-refractivity contribution is 0.0563. The zero-order valence-electron chi connectivity index (χ0n) is 22.1. The molecule has 0 unspecified atom stereocenters. The van der Waals surface area contributed by atoms with Crippen LogP contribution >= 0.6 is 0 Å². The summed E-state index contributed by atoms with van der Waals surface area (Å²) in [5.74, 6) is 0.211. The fourth-order valence-electron chi connectivity index (χ4n) is 6.56. The minimum Gasteiger partial charge on any atom is -0.383 e. The lowest BCUT2D eigenvalue weighted by atomic mass is 9.85. The van der Waals surface area contributed by atoms with E-state index in [2.05, 4.69) is 15.1 Å². The molecule has 9 heteroatoms. The summed E-state index contributed by atoms with van der Waals surface area (Å²) in [7, 11) is 0. The van der Waals surface area contributed by atoms with E-state index >= 15 is 0 Å². The summed E-state index contributed by atoms with van der Waals surface area (Å²) < 4.78 is 1.55. The lowest BCUT2D eigenvalue weighted by Gasteiger charge is -2.39. The summed E-state index contributed by atoms with van der Waals surface area (Å²) in [6, 6.07) is 17.9. The second kappa shape index (κ2) is 9.44. The molecule has 2 fully saturated rings. The van der Waals surface area contributed by atoms with Gasteiger partial charge in [-0.05, 0) is 50.8 Å². The molecular formula is C31H29N7O2. The summed E-state index contributed by atoms with van der Waals surface area (Å²) >= 11 is 0. The van der Waals surface area contributed by atoms with Crippen molar-refractivity contribution < 1.29 is 9.59 Å². The quantitative estimate of drug-likeness (QED) is 0.304. The number of pyridine rings is 1. The Labute approximate surface area is 231 Å². The van der Waals surface area contributed by atoms with Crippen LogP contribution < -0.4 is 5.73 Å². The largest absolute Gasteiger partial charge is 0.383 e. The normalized spacial score (nSPS) is 20.2. The van der Waals surface area contributed by atoms with Gasteiger partial charge in [-0.1, -0.05) is 36.4 Å². The number of nitrogens with two attached hydrogens (primary N) is 1. The van der Waals surface area contributed by atoms with Crippen LogP contribution in [0.2, 0.25) is 0 Å². The van der Waals surface area contributed by atoms with Gasteiger partial charge in [0.25, 0.3) is 5.91 Å². The molecule has 5 aromatic rings. The van der Waals surface area contributed by atoms with Crippen molar-refractivity contribution in [1.29, 1.82) is 0 Å². The molecule has 0 spiro atoms. The van der Waals surface area contributed by atoms with Crippen LogP contribution in [-0.4, -0.2) is 53.2 Å². The molecule has 6 heterocycles. The van der Waals surface area contributed by atoms with Gasteiger partial charge in [0.15, 0.2) is 11.4 Å². The first-order valence-corrected chi connectivity index (χ1v) is 13.7. The number of nitrogens with one attached hydrogen (secondary N) is 1. The number of hydrogen-bond acceptors (Lipinski definition) is 6. The van der Waals surface area contributed by atoms with Crippen LogP contribution in [0.15, 0.2) is 73.2 Å². The van der Waals surface area contributed by atoms with Crippen LogP contribution in [0, 0.1) is 0 Å². The number of carbonyl (C=O) groups excluding carboxylic acids is 2. The van der Waals surface area contributed by atoms with Crippen LogP contribution in [0.3, 0.4) is 0 Å². The highest BCUT2D eigenvalue weighted by Gasteiger charge is 2.45. The maximum Gasteiger partial charge on any atom is 0.270 e. The maximum atomic E-state index is 13.2. The Morgan fingerprint density at radius 3 is 2.38 bits per heavy atom. The first kappa shape index (κ1) is 24.3. The van der Waals surface area contributed by atoms with Crippen molar-refractivity contribution in [2.24, 2.45) is 0 Å². The number of nitrogens with zero attached hydrogens (tertiary/aromatic N) is 5. The van der Waals surface area contributed by atoms with Crippen molar-refractivity contribution in [3.63, 3.8) is 0 Å². The van der Waals surface area contributed by atoms with E-state index in [1.807, 2.05) is 65.7 Å². The van der Waals surface area contributed by atoms with E-state index < -0.39 is 0 Å². The van der Waals surface area contributed by atoms with Crippen LogP contribution in [0.5, 0.6) is 0 Å². The van der Waals surface area contributed by atoms with E-state index in [0.29, 0.717) is 28.4 Å². The van der Waals surface area contributed by atoms with E-state index in [9.17, 15) is 9.59 Å². The number of anilines is 1. The Hall–Kier alpha value is -4.79. The van der Waals surface area contributed by atoms with Gasteiger partial charge in [-0.25, -0.2) is 4.98 Å². The Morgan fingerprint density at radius 1 is 0.950 bits per heavy atom. The lowest BCUT2D eigenvalue weighted by Crippen LogP contribution is -2.46. The number of aromatic amines is 1. The summed E-state index contributed by atoms with van der Waals surface area (Å²) in [5.41, 5.74) is 12.5. The zero-order chi connectivity index (χ0) is 27.4. The van der Waals surface area contributed by atoms with E-state index in [4.69, 9.17) is 10.7 Å². The number of carbonyl (C=O) groups is 2. The van der Waals surface area contributed by atoms with Crippen molar-refractivity contribution in [2.45, 2.75) is 50.6 Å². The third-order valence-electron chi connectivity index (χ3n) is 8.39. The monoisotopic (exact) mass is 531 g/mol. The third-order valence-corrected chi connectivity index (χ3v) is 8.39. The van der Waals surface area contributed by atoms with Gasteiger partial charge in [-0.3, -0.25) is 14.6 Å². The Balaban J connectivity index is 1.26. The highest BCUT2D eigenvalue weighted by molar-refractivity contribution is 6.00. The molecule has 2 bridgehead atoms. The van der Waals surface area contributed by atoms with Crippen molar-refractivity contribution >= 4 is 23.2 Å².